The second kappa shape index (κ2) is 10.2. The molecule has 0 saturated carbocycles. The first kappa shape index (κ1) is 23.0. The molecular weight excluding hydrogens is 432 g/mol. The summed E-state index contributed by atoms with van der Waals surface area (Å²) in [5.41, 5.74) is 5.11. The number of thiocarbonyl (C=S) groups is 1. The Morgan fingerprint density at radius 2 is 1.91 bits per heavy atom. The Balaban J connectivity index is 1.76. The van der Waals surface area contributed by atoms with E-state index in [-0.39, 0.29) is 6.04 Å². The largest absolute Gasteiger partial charge is 0.494 e. The highest BCUT2D eigenvalue weighted by Crippen LogP contribution is 2.38. The number of allylic oxidation sites excluding steroid dienone is 1. The van der Waals surface area contributed by atoms with Crippen LogP contribution in [-0.2, 0) is 0 Å². The highest BCUT2D eigenvalue weighted by atomic mass is 32.1. The molecule has 4 rings (SSSR count). The zero-order valence-corrected chi connectivity index (χ0v) is 20.4. The molecule has 1 N–H and O–H groups in total. The Labute approximate surface area is 200 Å². The minimum absolute atomic E-state index is 0.197. The normalized spacial score (nSPS) is 16.2. The van der Waals surface area contributed by atoms with Crippen LogP contribution in [0.4, 0.5) is 0 Å². The van der Waals surface area contributed by atoms with Crippen molar-refractivity contribution >= 4 is 22.9 Å². The Morgan fingerprint density at radius 1 is 1.12 bits per heavy atom. The molecule has 6 nitrogen and oxygen atoms in total. The van der Waals surface area contributed by atoms with Crippen molar-refractivity contribution in [1.29, 1.82) is 0 Å². The van der Waals surface area contributed by atoms with E-state index < -0.39 is 0 Å². The van der Waals surface area contributed by atoms with Gasteiger partial charge in [-0.3, -0.25) is 0 Å². The smallest absolute Gasteiger partial charge is 0.258 e. The van der Waals surface area contributed by atoms with Gasteiger partial charge >= 0.3 is 0 Å². The lowest BCUT2D eigenvalue weighted by atomic mass is 9.94. The first-order chi connectivity index (χ1) is 16.0. The van der Waals surface area contributed by atoms with Gasteiger partial charge in [0, 0.05) is 17.8 Å². The second-order valence-electron chi connectivity index (χ2n) is 8.18. The van der Waals surface area contributed by atoms with Crippen molar-refractivity contribution in [3.8, 4) is 17.1 Å². The summed E-state index contributed by atoms with van der Waals surface area (Å²) in [5.74, 6) is 1.91. The van der Waals surface area contributed by atoms with E-state index in [1.807, 2.05) is 31.2 Å². The van der Waals surface area contributed by atoms with E-state index in [4.69, 9.17) is 26.5 Å². The van der Waals surface area contributed by atoms with Gasteiger partial charge in [-0.1, -0.05) is 54.4 Å². The molecule has 3 aromatic rings. The van der Waals surface area contributed by atoms with E-state index in [2.05, 4.69) is 60.4 Å². The van der Waals surface area contributed by atoms with Crippen LogP contribution < -0.4 is 10.1 Å². The Morgan fingerprint density at radius 3 is 2.61 bits per heavy atom. The summed E-state index contributed by atoms with van der Waals surface area (Å²) < 4.78 is 11.4. The van der Waals surface area contributed by atoms with Crippen LogP contribution in [0.1, 0.15) is 56.7 Å². The first-order valence-electron chi connectivity index (χ1n) is 11.4. The van der Waals surface area contributed by atoms with Gasteiger partial charge in [-0.2, -0.15) is 4.98 Å². The van der Waals surface area contributed by atoms with Gasteiger partial charge in [-0.15, -0.1) is 0 Å². The van der Waals surface area contributed by atoms with Gasteiger partial charge in [0.25, 0.3) is 5.89 Å². The van der Waals surface area contributed by atoms with Crippen LogP contribution in [0.15, 0.2) is 58.8 Å². The number of benzene rings is 2. The minimum Gasteiger partial charge on any atom is -0.494 e. The van der Waals surface area contributed by atoms with Gasteiger partial charge in [0.2, 0.25) is 5.82 Å². The van der Waals surface area contributed by atoms with Gasteiger partial charge in [-0.05, 0) is 63.2 Å². The average Bonchev–Trinajstić information content (AvgIpc) is 3.29. The van der Waals surface area contributed by atoms with Crippen molar-refractivity contribution in [3.05, 3.63) is 71.2 Å². The number of nitrogens with one attached hydrogen (secondary N) is 1. The van der Waals surface area contributed by atoms with Crippen LogP contribution in [0.5, 0.6) is 5.75 Å². The molecule has 2 heterocycles. The summed E-state index contributed by atoms with van der Waals surface area (Å²) >= 11 is 5.75. The molecule has 1 unspecified atom stereocenters. The number of nitrogens with zero attached hydrogens (tertiary/aromatic N) is 3. The lowest BCUT2D eigenvalue weighted by Crippen LogP contribution is -2.46. The molecule has 1 atom stereocenters. The third-order valence-corrected chi connectivity index (χ3v) is 6.13. The quantitative estimate of drug-likeness (QED) is 0.418. The van der Waals surface area contributed by atoms with Crippen molar-refractivity contribution in [2.24, 2.45) is 0 Å². The van der Waals surface area contributed by atoms with Crippen molar-refractivity contribution < 1.29 is 9.26 Å². The zero-order chi connectivity index (χ0) is 23.4. The molecular formula is C26H30N4O2S. The Bertz CT molecular complexity index is 1150. The fraction of sp³-hybridized carbons (Fsp3) is 0.346. The number of ether oxygens (including phenoxy) is 1. The molecule has 0 radical (unpaired) electrons. The van der Waals surface area contributed by atoms with E-state index >= 15 is 0 Å². The maximum Gasteiger partial charge on any atom is 0.258 e. The molecule has 0 aliphatic carbocycles. The molecule has 7 heteroatoms. The molecule has 0 bridgehead atoms. The minimum atomic E-state index is -0.197. The fourth-order valence-corrected chi connectivity index (χ4v) is 4.40. The Kier molecular flexibility index (Phi) is 7.08. The number of hydrogen-bond donors (Lipinski definition) is 1. The van der Waals surface area contributed by atoms with E-state index in [0.29, 0.717) is 23.4 Å². The maximum absolute atomic E-state index is 5.82. The predicted molar refractivity (Wildman–Crippen MR) is 135 cm³/mol. The third-order valence-electron chi connectivity index (χ3n) is 5.79. The van der Waals surface area contributed by atoms with Crippen LogP contribution in [0.3, 0.4) is 0 Å². The molecule has 1 aliphatic heterocycles. The SMILES string of the molecule is CCCCN1C(=S)NC(c2ccc(OCC)cc2)C(c2nc(-c3cccc(C)c3)no2)=C1C. The zero-order valence-electron chi connectivity index (χ0n) is 19.6. The summed E-state index contributed by atoms with van der Waals surface area (Å²) in [4.78, 5) is 6.92. The lowest BCUT2D eigenvalue weighted by Gasteiger charge is -2.37. The van der Waals surface area contributed by atoms with E-state index in [1.54, 1.807) is 0 Å². The van der Waals surface area contributed by atoms with Crippen LogP contribution in [-0.4, -0.2) is 33.3 Å². The molecule has 2 aromatic carbocycles. The van der Waals surface area contributed by atoms with Crippen molar-refractivity contribution in [2.75, 3.05) is 13.2 Å². The van der Waals surface area contributed by atoms with Gasteiger partial charge < -0.3 is 19.5 Å². The highest BCUT2D eigenvalue weighted by Gasteiger charge is 2.33. The Hall–Kier alpha value is -3.19. The molecule has 172 valence electrons. The standard InChI is InChI=1S/C26H30N4O2S/c1-5-7-15-30-18(4)22(25-28-24(29-32-25)20-10-8-9-17(3)16-20)23(27-26(30)33)19-11-13-21(14-12-19)31-6-2/h8-14,16,23H,5-7,15H2,1-4H3,(H,27,33). The number of rotatable bonds is 8. The molecule has 0 amide bonds. The molecule has 1 aromatic heterocycles. The average molecular weight is 463 g/mol. The molecule has 0 saturated heterocycles. The number of hydrogen-bond acceptors (Lipinski definition) is 5. The molecule has 0 fully saturated rings. The number of unbranched alkanes of at least 4 members (excludes halogenated alkanes) is 1. The van der Waals surface area contributed by atoms with Crippen molar-refractivity contribution in [1.82, 2.24) is 20.4 Å². The van der Waals surface area contributed by atoms with E-state index in [9.17, 15) is 0 Å². The highest BCUT2D eigenvalue weighted by molar-refractivity contribution is 7.80. The summed E-state index contributed by atoms with van der Waals surface area (Å²) in [6, 6.07) is 16.0. The number of aryl methyl sites for hydroxylation is 1. The van der Waals surface area contributed by atoms with E-state index in [0.717, 1.165) is 53.1 Å². The van der Waals surface area contributed by atoms with Crippen LogP contribution in [0.25, 0.3) is 17.0 Å². The molecule has 0 spiro atoms. The predicted octanol–water partition coefficient (Wildman–Crippen LogP) is 5.91. The maximum atomic E-state index is 5.82. The number of aromatic nitrogens is 2. The van der Waals surface area contributed by atoms with Crippen LogP contribution in [0.2, 0.25) is 0 Å². The third kappa shape index (κ3) is 4.93. The summed E-state index contributed by atoms with van der Waals surface area (Å²) in [6.07, 6.45) is 2.13. The summed E-state index contributed by atoms with van der Waals surface area (Å²) in [5, 5.41) is 8.51. The second-order valence-corrected chi connectivity index (χ2v) is 8.57. The fourth-order valence-electron chi connectivity index (χ4n) is 4.05. The monoisotopic (exact) mass is 462 g/mol. The van der Waals surface area contributed by atoms with Gasteiger partial charge in [-0.25, -0.2) is 0 Å². The van der Waals surface area contributed by atoms with Gasteiger partial charge in [0.05, 0.1) is 18.2 Å². The van der Waals surface area contributed by atoms with E-state index in [1.165, 1.54) is 0 Å². The first-order valence-corrected chi connectivity index (χ1v) is 11.8. The van der Waals surface area contributed by atoms with Crippen molar-refractivity contribution in [3.63, 3.8) is 0 Å². The topological polar surface area (TPSA) is 63.4 Å². The van der Waals surface area contributed by atoms with Crippen LogP contribution in [0, 0.1) is 6.92 Å². The van der Waals surface area contributed by atoms with Crippen molar-refractivity contribution in [2.45, 2.75) is 46.6 Å². The molecule has 1 aliphatic rings. The summed E-state index contributed by atoms with van der Waals surface area (Å²) in [7, 11) is 0. The molecule has 33 heavy (non-hydrogen) atoms. The lowest BCUT2D eigenvalue weighted by molar-refractivity contribution is 0.340. The van der Waals surface area contributed by atoms with Gasteiger partial charge in [0.1, 0.15) is 5.75 Å². The van der Waals surface area contributed by atoms with Crippen LogP contribution >= 0.6 is 12.2 Å². The summed E-state index contributed by atoms with van der Waals surface area (Å²) in [6.45, 7) is 9.76. The van der Waals surface area contributed by atoms with Gasteiger partial charge in [0.15, 0.2) is 5.11 Å².